The highest BCUT2D eigenvalue weighted by atomic mass is 15.2. The van der Waals surface area contributed by atoms with Gasteiger partial charge in [0, 0.05) is 43.6 Å². The highest BCUT2D eigenvalue weighted by Gasteiger charge is 2.11. The summed E-state index contributed by atoms with van der Waals surface area (Å²) in [6.45, 7) is 0. The molecule has 0 atom stereocenters. The Kier molecular flexibility index (Phi) is 2.78. The van der Waals surface area contributed by atoms with Crippen molar-refractivity contribution in [3.63, 3.8) is 0 Å². The summed E-state index contributed by atoms with van der Waals surface area (Å²) in [5.74, 6) is 1.24. The molecule has 1 N–H and O–H groups in total. The molecule has 4 aromatic heterocycles. The second-order valence-corrected chi connectivity index (χ2v) is 4.73. The lowest BCUT2D eigenvalue weighted by molar-refractivity contribution is 0.768. The van der Waals surface area contributed by atoms with Crippen molar-refractivity contribution in [2.75, 3.05) is 5.32 Å². The van der Waals surface area contributed by atoms with Crippen molar-refractivity contribution in [2.24, 2.45) is 7.05 Å². The van der Waals surface area contributed by atoms with Crippen LogP contribution in [0.4, 0.5) is 11.6 Å². The molecular formula is C14H12N8. The minimum Gasteiger partial charge on any atom is -0.321 e. The maximum absolute atomic E-state index is 4.45. The molecule has 0 unspecified atom stereocenters. The standard InChI is InChI=1S/C14H12N8/c1-21-9-10(6-19-21)11-7-18-14-13(17-4-5-22(11)14)20-12-8-15-2-3-16-12/h2-9H,1H3,(H,16,17,20). The summed E-state index contributed by atoms with van der Waals surface area (Å²) in [6.07, 6.45) is 14.0. The zero-order valence-corrected chi connectivity index (χ0v) is 11.7. The second-order valence-electron chi connectivity index (χ2n) is 4.73. The van der Waals surface area contributed by atoms with Gasteiger partial charge < -0.3 is 5.32 Å². The van der Waals surface area contributed by atoms with Crippen LogP contribution in [-0.2, 0) is 7.05 Å². The maximum Gasteiger partial charge on any atom is 0.180 e. The molecule has 4 rings (SSSR count). The largest absolute Gasteiger partial charge is 0.321 e. The number of imidazole rings is 1. The van der Waals surface area contributed by atoms with Crippen molar-refractivity contribution in [3.05, 3.63) is 49.6 Å². The molecule has 0 aromatic carbocycles. The third-order valence-electron chi connectivity index (χ3n) is 3.24. The molecule has 0 aliphatic carbocycles. The predicted molar refractivity (Wildman–Crippen MR) is 80.5 cm³/mol. The fourth-order valence-corrected chi connectivity index (χ4v) is 2.26. The molecule has 0 spiro atoms. The van der Waals surface area contributed by atoms with E-state index in [4.69, 9.17) is 0 Å². The number of anilines is 2. The zero-order valence-electron chi connectivity index (χ0n) is 11.7. The van der Waals surface area contributed by atoms with Crippen LogP contribution in [0.5, 0.6) is 0 Å². The van der Waals surface area contributed by atoms with Crippen molar-refractivity contribution in [3.8, 4) is 11.3 Å². The van der Waals surface area contributed by atoms with Gasteiger partial charge >= 0.3 is 0 Å². The van der Waals surface area contributed by atoms with Crippen LogP contribution in [0.3, 0.4) is 0 Å². The quantitative estimate of drug-likeness (QED) is 0.618. The Morgan fingerprint density at radius 3 is 2.73 bits per heavy atom. The number of hydrogen-bond donors (Lipinski definition) is 1. The van der Waals surface area contributed by atoms with E-state index in [0.29, 0.717) is 17.3 Å². The van der Waals surface area contributed by atoms with Gasteiger partial charge in [0.1, 0.15) is 5.82 Å². The summed E-state index contributed by atoms with van der Waals surface area (Å²) in [5.41, 5.74) is 2.66. The molecule has 0 saturated carbocycles. The summed E-state index contributed by atoms with van der Waals surface area (Å²) in [6, 6.07) is 0. The summed E-state index contributed by atoms with van der Waals surface area (Å²) in [4.78, 5) is 17.0. The lowest BCUT2D eigenvalue weighted by Gasteiger charge is -2.05. The van der Waals surface area contributed by atoms with Crippen LogP contribution in [-0.4, -0.2) is 34.1 Å². The number of aryl methyl sites for hydroxylation is 1. The molecule has 108 valence electrons. The molecule has 22 heavy (non-hydrogen) atoms. The average molecular weight is 292 g/mol. The summed E-state index contributed by atoms with van der Waals surface area (Å²) >= 11 is 0. The third kappa shape index (κ3) is 2.06. The molecular weight excluding hydrogens is 280 g/mol. The first-order valence-corrected chi connectivity index (χ1v) is 6.65. The van der Waals surface area contributed by atoms with E-state index in [0.717, 1.165) is 11.3 Å². The molecule has 0 amide bonds. The van der Waals surface area contributed by atoms with Gasteiger partial charge in [-0.05, 0) is 0 Å². The smallest absolute Gasteiger partial charge is 0.180 e. The van der Waals surface area contributed by atoms with E-state index in [2.05, 4.69) is 30.4 Å². The van der Waals surface area contributed by atoms with Crippen molar-refractivity contribution in [1.29, 1.82) is 0 Å². The zero-order chi connectivity index (χ0) is 14.9. The fourth-order valence-electron chi connectivity index (χ4n) is 2.26. The fraction of sp³-hybridized carbons (Fsp3) is 0.0714. The van der Waals surface area contributed by atoms with Crippen molar-refractivity contribution in [1.82, 2.24) is 34.1 Å². The van der Waals surface area contributed by atoms with Gasteiger partial charge in [-0.2, -0.15) is 5.10 Å². The Bertz CT molecular complexity index is 924. The SMILES string of the molecule is Cn1cc(-c2cnc3c(Nc4cnccn4)nccn23)cn1. The minimum atomic E-state index is 0.619. The second kappa shape index (κ2) is 4.92. The highest BCUT2D eigenvalue weighted by Crippen LogP contribution is 2.23. The van der Waals surface area contributed by atoms with E-state index < -0.39 is 0 Å². The predicted octanol–water partition coefficient (Wildman–Crippen LogP) is 1.66. The van der Waals surface area contributed by atoms with E-state index in [-0.39, 0.29) is 0 Å². The molecule has 4 aromatic rings. The molecule has 8 heteroatoms. The summed E-state index contributed by atoms with van der Waals surface area (Å²) < 4.78 is 3.72. The Morgan fingerprint density at radius 1 is 1.00 bits per heavy atom. The van der Waals surface area contributed by atoms with Crippen LogP contribution >= 0.6 is 0 Å². The van der Waals surface area contributed by atoms with Crippen LogP contribution in [0.1, 0.15) is 0 Å². The van der Waals surface area contributed by atoms with Gasteiger partial charge in [0.05, 0.1) is 24.3 Å². The first kappa shape index (κ1) is 12.5. The van der Waals surface area contributed by atoms with Gasteiger partial charge in [0.2, 0.25) is 0 Å². The average Bonchev–Trinajstić information content (AvgIpc) is 3.15. The monoisotopic (exact) mass is 292 g/mol. The molecule has 0 aliphatic rings. The molecule has 0 saturated heterocycles. The van der Waals surface area contributed by atoms with Crippen molar-refractivity contribution >= 4 is 17.3 Å². The molecule has 4 heterocycles. The van der Waals surface area contributed by atoms with Gasteiger partial charge in [-0.25, -0.2) is 15.0 Å². The van der Waals surface area contributed by atoms with Crippen LogP contribution in [0.2, 0.25) is 0 Å². The summed E-state index contributed by atoms with van der Waals surface area (Å²) in [5, 5.41) is 7.32. The Balaban J connectivity index is 1.80. The van der Waals surface area contributed by atoms with Gasteiger partial charge in [-0.3, -0.25) is 14.1 Å². The Hall–Kier alpha value is -3.29. The van der Waals surface area contributed by atoms with E-state index in [1.54, 1.807) is 41.9 Å². The molecule has 8 nitrogen and oxygen atoms in total. The lowest BCUT2D eigenvalue weighted by atomic mass is 10.3. The maximum atomic E-state index is 4.45. The van der Waals surface area contributed by atoms with Crippen LogP contribution in [0.25, 0.3) is 16.9 Å². The van der Waals surface area contributed by atoms with Gasteiger partial charge in [0.15, 0.2) is 11.5 Å². The van der Waals surface area contributed by atoms with Crippen LogP contribution < -0.4 is 5.32 Å². The molecule has 0 radical (unpaired) electrons. The summed E-state index contributed by atoms with van der Waals surface area (Å²) in [7, 11) is 1.88. The number of nitrogens with one attached hydrogen (secondary N) is 1. The van der Waals surface area contributed by atoms with Crippen molar-refractivity contribution < 1.29 is 0 Å². The first-order chi connectivity index (χ1) is 10.8. The van der Waals surface area contributed by atoms with Gasteiger partial charge in [0.25, 0.3) is 0 Å². The molecule has 0 bridgehead atoms. The Labute approximate surface area is 125 Å². The first-order valence-electron chi connectivity index (χ1n) is 6.65. The molecule has 0 fully saturated rings. The highest BCUT2D eigenvalue weighted by molar-refractivity contribution is 5.72. The topological polar surface area (TPSA) is 85.8 Å². The third-order valence-corrected chi connectivity index (χ3v) is 3.24. The number of fused-ring (bicyclic) bond motifs is 1. The minimum absolute atomic E-state index is 0.619. The number of nitrogens with zero attached hydrogens (tertiary/aromatic N) is 7. The lowest BCUT2D eigenvalue weighted by Crippen LogP contribution is -2.00. The normalized spacial score (nSPS) is 11.0. The van der Waals surface area contributed by atoms with Crippen LogP contribution in [0.15, 0.2) is 49.6 Å². The Morgan fingerprint density at radius 2 is 1.95 bits per heavy atom. The van der Waals surface area contributed by atoms with Crippen LogP contribution in [0, 0.1) is 0 Å². The van der Waals surface area contributed by atoms with Gasteiger partial charge in [-0.1, -0.05) is 0 Å². The van der Waals surface area contributed by atoms with E-state index in [1.165, 1.54) is 0 Å². The van der Waals surface area contributed by atoms with E-state index >= 15 is 0 Å². The number of rotatable bonds is 3. The van der Waals surface area contributed by atoms with E-state index in [1.807, 2.05) is 23.8 Å². The van der Waals surface area contributed by atoms with Gasteiger partial charge in [-0.15, -0.1) is 0 Å². The van der Waals surface area contributed by atoms with E-state index in [9.17, 15) is 0 Å². The van der Waals surface area contributed by atoms with Crippen molar-refractivity contribution in [2.45, 2.75) is 0 Å². The number of hydrogen-bond acceptors (Lipinski definition) is 6. The molecule has 0 aliphatic heterocycles. The number of aromatic nitrogens is 7.